The molecule has 0 bridgehead atoms. The van der Waals surface area contributed by atoms with Crippen LogP contribution >= 0.6 is 11.6 Å². The Hall–Kier alpha value is -5.40. The molecule has 1 aliphatic carbocycles. The highest BCUT2D eigenvalue weighted by molar-refractivity contribution is 6.31. The lowest BCUT2D eigenvalue weighted by molar-refractivity contribution is -0.199. The van der Waals surface area contributed by atoms with Gasteiger partial charge in [0.15, 0.2) is 6.23 Å². The zero-order valence-electron chi connectivity index (χ0n) is 32.2. The molecule has 2 N–H and O–H groups in total. The highest BCUT2D eigenvalue weighted by Crippen LogP contribution is 2.59. The normalized spacial score (nSPS) is 26.4. The summed E-state index contributed by atoms with van der Waals surface area (Å²) in [4.78, 5) is 59.1. The van der Waals surface area contributed by atoms with E-state index in [0.717, 1.165) is 43.0 Å². The quantitative estimate of drug-likeness (QED) is 0.273. The summed E-state index contributed by atoms with van der Waals surface area (Å²) in [5.41, 5.74) is 3.97. The number of carbonyl (C=O) groups excluding carboxylic acids is 4. The number of likely N-dealkylation sites (tertiary alicyclic amines) is 1. The van der Waals surface area contributed by atoms with Crippen LogP contribution in [0.3, 0.4) is 0 Å². The van der Waals surface area contributed by atoms with Crippen LogP contribution in [0.1, 0.15) is 89.7 Å². The number of rotatable bonds is 6. The number of ether oxygens (including phenoxy) is 1. The number of nitriles is 1. The van der Waals surface area contributed by atoms with Crippen molar-refractivity contribution >= 4 is 40.9 Å². The van der Waals surface area contributed by atoms with E-state index in [4.69, 9.17) is 16.3 Å². The van der Waals surface area contributed by atoms with Gasteiger partial charge in [-0.05, 0) is 54.4 Å². The number of halogens is 1. The SMILES string of the molecule is CC1(C)C(Oc2ccc(C#N)c(Cl)c2)C(C)(C)C1N1Cc2cc(C#CC3CN(C4CN(c5cccc6c5C(O)N(C5CCC(=O)NC5=O)C6=O)C4)C3)ccc2C1=O. The molecule has 6 aliphatic rings. The number of anilines is 1. The van der Waals surface area contributed by atoms with Crippen LogP contribution in [-0.2, 0) is 16.1 Å². The molecule has 12 nitrogen and oxygen atoms in total. The third-order valence-corrected chi connectivity index (χ3v) is 13.3. The fraction of sp³-hybridized carbons (Fsp3) is 0.432. The van der Waals surface area contributed by atoms with Crippen LogP contribution in [0.15, 0.2) is 54.6 Å². The molecule has 5 aliphatic heterocycles. The van der Waals surface area contributed by atoms with E-state index in [2.05, 4.69) is 60.7 Å². The summed E-state index contributed by atoms with van der Waals surface area (Å²) >= 11 is 6.28. The molecular weight excluding hydrogens is 744 g/mol. The molecule has 9 rings (SSSR count). The average molecular weight is 787 g/mol. The van der Waals surface area contributed by atoms with Gasteiger partial charge in [0.05, 0.1) is 10.6 Å². The maximum Gasteiger partial charge on any atom is 0.257 e. The number of fused-ring (bicyclic) bond motifs is 2. The van der Waals surface area contributed by atoms with Crippen LogP contribution in [0, 0.1) is 39.9 Å². The van der Waals surface area contributed by atoms with Gasteiger partial charge in [0.1, 0.15) is 24.0 Å². The van der Waals surface area contributed by atoms with Crippen LogP contribution in [0.25, 0.3) is 0 Å². The minimum absolute atomic E-state index is 0.0212. The van der Waals surface area contributed by atoms with Crippen molar-refractivity contribution in [2.24, 2.45) is 16.7 Å². The minimum atomic E-state index is -1.26. The summed E-state index contributed by atoms with van der Waals surface area (Å²) < 4.78 is 6.47. The van der Waals surface area contributed by atoms with E-state index in [9.17, 15) is 29.5 Å². The van der Waals surface area contributed by atoms with Crippen LogP contribution in [0.5, 0.6) is 5.75 Å². The average Bonchev–Trinajstić information content (AvgIpc) is 3.57. The summed E-state index contributed by atoms with van der Waals surface area (Å²) in [5, 5.41) is 23.2. The molecule has 2 atom stereocenters. The van der Waals surface area contributed by atoms with E-state index < -0.39 is 24.1 Å². The number of piperidine rings is 1. The number of nitrogens with zero attached hydrogens (tertiary/aromatic N) is 5. The molecular formula is C44H43ClN6O6. The first kappa shape index (κ1) is 37.2. The van der Waals surface area contributed by atoms with Gasteiger partial charge in [-0.25, -0.2) is 0 Å². The molecule has 1 saturated carbocycles. The fourth-order valence-electron chi connectivity index (χ4n) is 10.5. The van der Waals surface area contributed by atoms with Crippen molar-refractivity contribution in [2.75, 3.05) is 31.1 Å². The van der Waals surface area contributed by atoms with Gasteiger partial charge in [-0.1, -0.05) is 57.2 Å². The molecule has 57 heavy (non-hydrogen) atoms. The molecule has 0 aromatic heterocycles. The van der Waals surface area contributed by atoms with Crippen LogP contribution in [0.4, 0.5) is 5.69 Å². The molecule has 3 aromatic rings. The zero-order valence-corrected chi connectivity index (χ0v) is 33.0. The third-order valence-electron chi connectivity index (χ3n) is 13.0. The second-order valence-corrected chi connectivity index (χ2v) is 17.8. The Morgan fingerprint density at radius 1 is 0.930 bits per heavy atom. The van der Waals surface area contributed by atoms with Crippen molar-refractivity contribution in [2.45, 2.75) is 77.5 Å². The number of aliphatic hydroxyl groups is 1. The summed E-state index contributed by atoms with van der Waals surface area (Å²) in [6, 6.07) is 17.8. The van der Waals surface area contributed by atoms with E-state index in [1.807, 2.05) is 29.2 Å². The first-order chi connectivity index (χ1) is 27.2. The number of hydrogen-bond donors (Lipinski definition) is 2. The van der Waals surface area contributed by atoms with Gasteiger partial charge in [-0.2, -0.15) is 5.26 Å². The first-order valence-electron chi connectivity index (χ1n) is 19.5. The largest absolute Gasteiger partial charge is 0.489 e. The number of carbonyl (C=O) groups is 4. The monoisotopic (exact) mass is 786 g/mol. The molecule has 3 aromatic carbocycles. The Balaban J connectivity index is 0.798. The van der Waals surface area contributed by atoms with E-state index in [1.54, 1.807) is 30.3 Å². The minimum Gasteiger partial charge on any atom is -0.489 e. The van der Waals surface area contributed by atoms with E-state index in [0.29, 0.717) is 45.6 Å². The third kappa shape index (κ3) is 5.88. The van der Waals surface area contributed by atoms with Gasteiger partial charge in [-0.15, -0.1) is 0 Å². The summed E-state index contributed by atoms with van der Waals surface area (Å²) in [7, 11) is 0. The van der Waals surface area contributed by atoms with Crippen LogP contribution in [0.2, 0.25) is 5.02 Å². The Kier molecular flexibility index (Phi) is 8.70. The number of nitrogens with one attached hydrogen (secondary N) is 1. The van der Waals surface area contributed by atoms with Gasteiger partial charge < -0.3 is 19.6 Å². The number of benzene rings is 3. The van der Waals surface area contributed by atoms with E-state index >= 15 is 0 Å². The fourth-order valence-corrected chi connectivity index (χ4v) is 10.8. The predicted molar refractivity (Wildman–Crippen MR) is 210 cm³/mol. The number of imide groups is 1. The smallest absolute Gasteiger partial charge is 0.257 e. The molecule has 292 valence electrons. The standard InChI is InChI=1S/C44H43ClN6O6/c1-43(2)41(44(3,4)42(43)57-29-12-11-26(18-46)32(45)17-29)50-21-27-16-24(10-13-30(27)38(50)54)8-9-25-19-48(20-25)28-22-49(23-28)33-7-5-6-31-36(33)40(56)51(39(31)55)34-14-15-35(52)47-37(34)53/h5-7,10-13,16-17,25,28,34,40-42,56H,14-15,19-23H2,1-4H3,(H,47,52,53). The van der Waals surface area contributed by atoms with Gasteiger partial charge in [0.25, 0.3) is 11.8 Å². The topological polar surface area (TPSA) is 147 Å². The molecule has 0 radical (unpaired) electrons. The van der Waals surface area contributed by atoms with Gasteiger partial charge in [0, 0.05) is 102 Å². The number of hydrogen-bond acceptors (Lipinski definition) is 9. The van der Waals surface area contributed by atoms with Crippen LogP contribution < -0.4 is 15.0 Å². The first-order valence-corrected chi connectivity index (χ1v) is 19.8. The zero-order chi connectivity index (χ0) is 40.1. The lowest BCUT2D eigenvalue weighted by Gasteiger charge is -2.65. The van der Waals surface area contributed by atoms with Crippen molar-refractivity contribution in [1.82, 2.24) is 20.0 Å². The molecule has 0 spiro atoms. The van der Waals surface area contributed by atoms with Crippen molar-refractivity contribution in [3.05, 3.63) is 93.0 Å². The lowest BCUT2D eigenvalue weighted by atomic mass is 9.49. The second-order valence-electron chi connectivity index (χ2n) is 17.4. The van der Waals surface area contributed by atoms with Gasteiger partial charge in [0.2, 0.25) is 11.8 Å². The highest BCUT2D eigenvalue weighted by Gasteiger charge is 2.67. The second kappa shape index (κ2) is 13.3. The maximum absolute atomic E-state index is 13.8. The van der Waals surface area contributed by atoms with Crippen LogP contribution in [-0.4, -0.2) is 93.8 Å². The molecule has 4 amide bonds. The molecule has 3 saturated heterocycles. The Morgan fingerprint density at radius 2 is 1.68 bits per heavy atom. The van der Waals surface area contributed by atoms with Crippen molar-refractivity contribution in [3.63, 3.8) is 0 Å². The Labute approximate surface area is 336 Å². The predicted octanol–water partition coefficient (Wildman–Crippen LogP) is 4.47. The molecule has 4 fully saturated rings. The molecule has 5 heterocycles. The molecule has 13 heteroatoms. The van der Waals surface area contributed by atoms with Gasteiger partial charge >= 0.3 is 0 Å². The Bertz CT molecular complexity index is 2350. The van der Waals surface area contributed by atoms with Crippen molar-refractivity contribution < 1.29 is 29.0 Å². The van der Waals surface area contributed by atoms with Crippen molar-refractivity contribution in [3.8, 4) is 23.7 Å². The van der Waals surface area contributed by atoms with E-state index in [-0.39, 0.29) is 53.5 Å². The number of amides is 4. The Morgan fingerprint density at radius 3 is 2.39 bits per heavy atom. The number of aliphatic hydroxyl groups excluding tert-OH is 1. The summed E-state index contributed by atoms with van der Waals surface area (Å²) in [6.07, 6.45) is -1.15. The summed E-state index contributed by atoms with van der Waals surface area (Å²) in [5.74, 6) is 6.33. The lowest BCUT2D eigenvalue weighted by Crippen LogP contribution is -2.74. The van der Waals surface area contributed by atoms with Crippen molar-refractivity contribution in [1.29, 1.82) is 5.26 Å². The molecule has 2 unspecified atom stereocenters. The summed E-state index contributed by atoms with van der Waals surface area (Å²) in [6.45, 7) is 12.2. The highest BCUT2D eigenvalue weighted by atomic mass is 35.5. The van der Waals surface area contributed by atoms with Gasteiger partial charge in [-0.3, -0.25) is 34.3 Å². The van der Waals surface area contributed by atoms with E-state index in [1.165, 1.54) is 4.90 Å². The maximum atomic E-state index is 13.8.